The fraction of sp³-hybridized carbons (Fsp3) is 0.784. The Morgan fingerprint density at radius 3 is 1.47 bits per heavy atom. The third-order valence-corrected chi connectivity index (χ3v) is 10.0. The highest BCUT2D eigenvalue weighted by Gasteiger charge is 2.40. The first-order valence-corrected chi connectivity index (χ1v) is 17.6. The van der Waals surface area contributed by atoms with Crippen molar-refractivity contribution in [3.8, 4) is 0 Å². The van der Waals surface area contributed by atoms with Gasteiger partial charge in [0.1, 0.15) is 5.60 Å². The molecule has 4 heterocycles. The molecule has 0 unspecified atom stereocenters. The molecule has 0 bridgehead atoms. The van der Waals surface area contributed by atoms with Crippen molar-refractivity contribution in [2.24, 2.45) is 17.3 Å². The van der Waals surface area contributed by atoms with Crippen molar-refractivity contribution in [3.05, 3.63) is 35.9 Å². The molecule has 266 valence electrons. The van der Waals surface area contributed by atoms with Crippen molar-refractivity contribution < 1.29 is 19.1 Å². The quantitative estimate of drug-likeness (QED) is 0.297. The molecule has 2 aliphatic heterocycles. The third kappa shape index (κ3) is 9.91. The largest absolute Gasteiger partial charge is 0.384 e. The lowest BCUT2D eigenvalue weighted by Gasteiger charge is -2.42. The molecule has 0 N–H and O–H groups in total. The highest BCUT2D eigenvalue weighted by atomic mass is 16.5. The Kier molecular flexibility index (Phi) is 12.9. The number of hydrogen-bond acceptors (Lipinski definition) is 6. The van der Waals surface area contributed by atoms with Gasteiger partial charge in [0.05, 0.1) is 35.5 Å². The maximum absolute atomic E-state index is 12.7. The molecule has 10 heteroatoms. The summed E-state index contributed by atoms with van der Waals surface area (Å²) in [6.07, 6.45) is 14.2. The van der Waals surface area contributed by atoms with Crippen LogP contribution in [0.2, 0.25) is 0 Å². The highest BCUT2D eigenvalue weighted by Crippen LogP contribution is 2.33. The number of rotatable bonds is 11. The third-order valence-electron chi connectivity index (χ3n) is 10.0. The number of likely N-dealkylation sites (tertiary alicyclic amines) is 2. The predicted octanol–water partition coefficient (Wildman–Crippen LogP) is 5.94. The Labute approximate surface area is 284 Å². The van der Waals surface area contributed by atoms with E-state index in [4.69, 9.17) is 9.47 Å². The molecule has 2 saturated heterocycles. The van der Waals surface area contributed by atoms with Crippen LogP contribution in [0, 0.1) is 17.3 Å². The summed E-state index contributed by atoms with van der Waals surface area (Å²) in [4.78, 5) is 29.1. The second-order valence-electron chi connectivity index (χ2n) is 16.4. The number of carbonyl (C=O) groups is 2. The van der Waals surface area contributed by atoms with Crippen LogP contribution in [0.15, 0.2) is 24.8 Å². The molecule has 2 amide bonds. The molecular weight excluding hydrogens is 592 g/mol. The van der Waals surface area contributed by atoms with Crippen LogP contribution >= 0.6 is 0 Å². The van der Waals surface area contributed by atoms with Crippen molar-refractivity contribution in [3.63, 3.8) is 0 Å². The Morgan fingerprint density at radius 2 is 1.13 bits per heavy atom. The van der Waals surface area contributed by atoms with Gasteiger partial charge in [0.15, 0.2) is 0 Å². The lowest BCUT2D eigenvalue weighted by molar-refractivity contribution is -0.153. The van der Waals surface area contributed by atoms with Crippen molar-refractivity contribution >= 4 is 11.8 Å². The van der Waals surface area contributed by atoms with Crippen LogP contribution < -0.4 is 0 Å². The SMILES string of the molecule is COC(C)(C)C(=O)N1CCC(C)(n2cc(CC(C)C)cn2)CC1.COCC(C)(C)C(=O)N1CCC(C)(n2cc(CC(C)C)cn2)CC1. The fourth-order valence-corrected chi connectivity index (χ4v) is 6.62. The van der Waals surface area contributed by atoms with Gasteiger partial charge in [-0.15, -0.1) is 0 Å². The molecule has 2 aliphatic rings. The fourth-order valence-electron chi connectivity index (χ4n) is 6.62. The molecule has 10 nitrogen and oxygen atoms in total. The maximum atomic E-state index is 12.7. The van der Waals surface area contributed by atoms with Crippen LogP contribution in [0.3, 0.4) is 0 Å². The van der Waals surface area contributed by atoms with Crippen molar-refractivity contribution in [2.75, 3.05) is 47.0 Å². The molecule has 0 spiro atoms. The van der Waals surface area contributed by atoms with Crippen molar-refractivity contribution in [2.45, 2.75) is 124 Å². The Balaban J connectivity index is 0.000000256. The number of ether oxygens (including phenoxy) is 2. The van der Waals surface area contributed by atoms with Gasteiger partial charge in [-0.25, -0.2) is 0 Å². The minimum atomic E-state index is -0.746. The Morgan fingerprint density at radius 1 is 0.745 bits per heavy atom. The predicted molar refractivity (Wildman–Crippen MR) is 187 cm³/mol. The number of carbonyl (C=O) groups excluding carboxylic acids is 2. The summed E-state index contributed by atoms with van der Waals surface area (Å²) in [7, 11) is 3.24. The zero-order valence-electron chi connectivity index (χ0n) is 31.6. The van der Waals surface area contributed by atoms with Gasteiger partial charge in [-0.1, -0.05) is 27.7 Å². The molecule has 0 radical (unpaired) electrons. The van der Waals surface area contributed by atoms with Gasteiger partial charge in [0.25, 0.3) is 5.91 Å². The van der Waals surface area contributed by atoms with Gasteiger partial charge in [-0.2, -0.15) is 10.2 Å². The second kappa shape index (κ2) is 15.7. The van der Waals surface area contributed by atoms with Crippen LogP contribution in [0.25, 0.3) is 0 Å². The Hall–Kier alpha value is -2.72. The summed E-state index contributed by atoms with van der Waals surface area (Å²) in [6, 6.07) is 0. The van der Waals surface area contributed by atoms with E-state index in [-0.39, 0.29) is 22.9 Å². The number of nitrogens with zero attached hydrogens (tertiary/aromatic N) is 6. The summed E-state index contributed by atoms with van der Waals surface area (Å²) < 4.78 is 14.7. The molecule has 4 rings (SSSR count). The van der Waals surface area contributed by atoms with Gasteiger partial charge in [-0.3, -0.25) is 19.0 Å². The zero-order chi connectivity index (χ0) is 35.2. The molecule has 0 atom stereocenters. The molecule has 0 saturated carbocycles. The van der Waals surface area contributed by atoms with E-state index in [0.717, 1.165) is 64.7 Å². The van der Waals surface area contributed by atoms with Crippen LogP contribution in [0.1, 0.15) is 106 Å². The van der Waals surface area contributed by atoms with Gasteiger partial charge in [0, 0.05) is 52.8 Å². The molecule has 47 heavy (non-hydrogen) atoms. The van der Waals surface area contributed by atoms with Crippen molar-refractivity contribution in [1.82, 2.24) is 29.4 Å². The maximum Gasteiger partial charge on any atom is 0.254 e. The van der Waals surface area contributed by atoms with Gasteiger partial charge < -0.3 is 19.3 Å². The van der Waals surface area contributed by atoms with E-state index < -0.39 is 11.0 Å². The highest BCUT2D eigenvalue weighted by molar-refractivity contribution is 5.84. The van der Waals surface area contributed by atoms with E-state index in [1.807, 2.05) is 49.9 Å². The standard InChI is InChI=1S/C19H33N3O2.C18H31N3O2/c1-15(2)11-16-12-20-22(13-16)19(5)7-9-21(10-8-19)17(23)18(3,4)14-24-6;1-14(2)11-15-12-19-21(13-15)18(5)7-9-20(10-8-18)16(22)17(3,4)23-6/h12-13,15H,7-11,14H2,1-6H3;12-14H,7-11H2,1-6H3. The van der Waals surface area contributed by atoms with E-state index in [1.165, 1.54) is 11.1 Å². The van der Waals surface area contributed by atoms with Crippen LogP contribution in [0.4, 0.5) is 0 Å². The molecule has 2 aromatic heterocycles. The first kappa shape index (κ1) is 38.7. The Bertz CT molecular complexity index is 1290. The smallest absolute Gasteiger partial charge is 0.254 e. The summed E-state index contributed by atoms with van der Waals surface area (Å²) in [5, 5.41) is 9.19. The lowest BCUT2D eigenvalue weighted by atomic mass is 9.86. The topological polar surface area (TPSA) is 94.7 Å². The summed E-state index contributed by atoms with van der Waals surface area (Å²) in [5.74, 6) is 1.53. The summed E-state index contributed by atoms with van der Waals surface area (Å²) in [5.41, 5.74) is 1.37. The van der Waals surface area contributed by atoms with E-state index in [0.29, 0.717) is 18.4 Å². The van der Waals surface area contributed by atoms with Gasteiger partial charge in [-0.05, 0) is 103 Å². The average Bonchev–Trinajstić information content (AvgIpc) is 3.68. The van der Waals surface area contributed by atoms with Crippen LogP contribution in [-0.4, -0.2) is 93.8 Å². The number of methoxy groups -OCH3 is 2. The first-order valence-electron chi connectivity index (χ1n) is 17.6. The number of piperidine rings is 2. The number of aromatic nitrogens is 4. The van der Waals surface area contributed by atoms with E-state index in [2.05, 4.69) is 73.5 Å². The van der Waals surface area contributed by atoms with Crippen LogP contribution in [-0.2, 0) is 43.0 Å². The molecule has 0 aliphatic carbocycles. The van der Waals surface area contributed by atoms with Crippen LogP contribution in [0.5, 0.6) is 0 Å². The molecular formula is C37H64N6O4. The summed E-state index contributed by atoms with van der Waals surface area (Å²) >= 11 is 0. The van der Waals surface area contributed by atoms with Gasteiger partial charge in [0.2, 0.25) is 5.91 Å². The van der Waals surface area contributed by atoms with Gasteiger partial charge >= 0.3 is 0 Å². The minimum absolute atomic E-state index is 0.00257. The van der Waals surface area contributed by atoms with Crippen molar-refractivity contribution in [1.29, 1.82) is 0 Å². The van der Waals surface area contributed by atoms with E-state index in [9.17, 15) is 9.59 Å². The summed E-state index contributed by atoms with van der Waals surface area (Å²) in [6.45, 7) is 24.5. The molecule has 0 aromatic carbocycles. The monoisotopic (exact) mass is 656 g/mol. The lowest BCUT2D eigenvalue weighted by Crippen LogP contribution is -2.52. The number of hydrogen-bond donors (Lipinski definition) is 0. The number of amides is 2. The molecule has 2 aromatic rings. The zero-order valence-corrected chi connectivity index (χ0v) is 31.6. The minimum Gasteiger partial charge on any atom is -0.384 e. The normalized spacial score (nSPS) is 18.3. The van der Waals surface area contributed by atoms with E-state index in [1.54, 1.807) is 14.2 Å². The van der Waals surface area contributed by atoms with E-state index >= 15 is 0 Å². The second-order valence-corrected chi connectivity index (χ2v) is 16.4. The first-order chi connectivity index (χ1) is 21.9. The average molecular weight is 657 g/mol. The molecule has 2 fully saturated rings.